The molecule has 1 aromatic rings. The summed E-state index contributed by atoms with van der Waals surface area (Å²) in [6.07, 6.45) is 6.08. The second kappa shape index (κ2) is 5.57. The summed E-state index contributed by atoms with van der Waals surface area (Å²) in [4.78, 5) is 10.2. The highest BCUT2D eigenvalue weighted by atomic mass is 79.9. The first-order valence-corrected chi connectivity index (χ1v) is 6.70. The molecule has 1 atom stereocenters. The van der Waals surface area contributed by atoms with Crippen LogP contribution in [0.25, 0.3) is 0 Å². The lowest BCUT2D eigenvalue weighted by molar-refractivity contribution is 0.403. The lowest BCUT2D eigenvalue weighted by Crippen LogP contribution is -2.36. The molecule has 1 unspecified atom stereocenters. The van der Waals surface area contributed by atoms with Crippen LogP contribution in [0.2, 0.25) is 0 Å². The van der Waals surface area contributed by atoms with Gasteiger partial charge in [0.25, 0.3) is 0 Å². The first-order chi connectivity index (χ1) is 7.79. The van der Waals surface area contributed by atoms with Crippen LogP contribution >= 0.6 is 15.9 Å². The standard InChI is InChI=1S/C11H15BrFN3/c12-4-3-9-2-1-5-16(8-9)11-14-6-10(13)7-15-11/h6-7,9H,1-5,8H2. The van der Waals surface area contributed by atoms with Crippen LogP contribution in [0.4, 0.5) is 10.3 Å². The van der Waals surface area contributed by atoms with E-state index in [0.29, 0.717) is 11.9 Å². The molecule has 1 aliphatic heterocycles. The summed E-state index contributed by atoms with van der Waals surface area (Å²) >= 11 is 3.47. The topological polar surface area (TPSA) is 29.0 Å². The Morgan fingerprint density at radius 2 is 2.19 bits per heavy atom. The molecule has 2 rings (SSSR count). The van der Waals surface area contributed by atoms with Gasteiger partial charge in [0.1, 0.15) is 0 Å². The van der Waals surface area contributed by atoms with Crippen molar-refractivity contribution in [3.8, 4) is 0 Å². The number of nitrogens with zero attached hydrogens (tertiary/aromatic N) is 3. The molecule has 0 aromatic carbocycles. The van der Waals surface area contributed by atoms with E-state index in [2.05, 4.69) is 30.8 Å². The first-order valence-electron chi connectivity index (χ1n) is 5.58. The van der Waals surface area contributed by atoms with Crippen molar-refractivity contribution >= 4 is 21.9 Å². The predicted molar refractivity (Wildman–Crippen MR) is 65.3 cm³/mol. The van der Waals surface area contributed by atoms with E-state index in [1.54, 1.807) is 0 Å². The lowest BCUT2D eigenvalue weighted by atomic mass is 9.96. The number of aromatic nitrogens is 2. The van der Waals surface area contributed by atoms with Crippen LogP contribution in [0.3, 0.4) is 0 Å². The number of alkyl halides is 1. The average molecular weight is 288 g/mol. The van der Waals surface area contributed by atoms with Crippen molar-refractivity contribution < 1.29 is 4.39 Å². The Morgan fingerprint density at radius 1 is 1.44 bits per heavy atom. The van der Waals surface area contributed by atoms with E-state index in [1.807, 2.05) is 0 Å². The van der Waals surface area contributed by atoms with Gasteiger partial charge >= 0.3 is 0 Å². The molecule has 0 aliphatic carbocycles. The molecule has 0 bridgehead atoms. The Balaban J connectivity index is 2.01. The average Bonchev–Trinajstić information content (AvgIpc) is 2.31. The molecule has 1 aliphatic rings. The highest BCUT2D eigenvalue weighted by Gasteiger charge is 2.20. The Bertz CT molecular complexity index is 329. The molecule has 1 aromatic heterocycles. The van der Waals surface area contributed by atoms with Gasteiger partial charge < -0.3 is 4.90 Å². The third-order valence-corrected chi connectivity index (χ3v) is 3.38. The minimum Gasteiger partial charge on any atom is -0.341 e. The summed E-state index contributed by atoms with van der Waals surface area (Å²) in [6.45, 7) is 1.96. The zero-order valence-electron chi connectivity index (χ0n) is 9.07. The molecule has 0 amide bonds. The minimum atomic E-state index is -0.377. The van der Waals surface area contributed by atoms with Gasteiger partial charge in [0, 0.05) is 18.4 Å². The van der Waals surface area contributed by atoms with Gasteiger partial charge in [0.2, 0.25) is 5.95 Å². The Hall–Kier alpha value is -0.710. The molecular weight excluding hydrogens is 273 g/mol. The lowest BCUT2D eigenvalue weighted by Gasteiger charge is -2.32. The van der Waals surface area contributed by atoms with Crippen LogP contribution in [0.15, 0.2) is 12.4 Å². The van der Waals surface area contributed by atoms with Crippen molar-refractivity contribution in [2.75, 3.05) is 23.3 Å². The number of hydrogen-bond donors (Lipinski definition) is 0. The van der Waals surface area contributed by atoms with Crippen LogP contribution in [0, 0.1) is 11.7 Å². The maximum atomic E-state index is 12.7. The van der Waals surface area contributed by atoms with Crippen LogP contribution < -0.4 is 4.90 Å². The van der Waals surface area contributed by atoms with Gasteiger partial charge in [0.15, 0.2) is 5.82 Å². The molecule has 16 heavy (non-hydrogen) atoms. The zero-order valence-corrected chi connectivity index (χ0v) is 10.7. The predicted octanol–water partition coefficient (Wildman–Crippen LogP) is 2.62. The van der Waals surface area contributed by atoms with Gasteiger partial charge in [-0.15, -0.1) is 0 Å². The second-order valence-corrected chi connectivity index (χ2v) is 4.93. The number of halogens is 2. The molecule has 88 valence electrons. The Morgan fingerprint density at radius 3 is 2.88 bits per heavy atom. The van der Waals surface area contributed by atoms with Crippen LogP contribution in [0.5, 0.6) is 0 Å². The van der Waals surface area contributed by atoms with Gasteiger partial charge in [-0.05, 0) is 25.2 Å². The molecule has 2 heterocycles. The second-order valence-electron chi connectivity index (χ2n) is 4.13. The van der Waals surface area contributed by atoms with Crippen molar-refractivity contribution in [2.45, 2.75) is 19.3 Å². The molecule has 0 spiro atoms. The molecule has 1 saturated heterocycles. The third kappa shape index (κ3) is 2.90. The number of piperidine rings is 1. The Labute approximate surface area is 103 Å². The summed E-state index contributed by atoms with van der Waals surface area (Å²) < 4.78 is 12.7. The van der Waals surface area contributed by atoms with Crippen LogP contribution in [-0.2, 0) is 0 Å². The fraction of sp³-hybridized carbons (Fsp3) is 0.636. The van der Waals surface area contributed by atoms with Gasteiger partial charge in [0.05, 0.1) is 12.4 Å². The number of rotatable bonds is 3. The number of anilines is 1. The summed E-state index contributed by atoms with van der Waals surface area (Å²) in [6, 6.07) is 0. The van der Waals surface area contributed by atoms with Crippen molar-refractivity contribution in [1.29, 1.82) is 0 Å². The first kappa shape index (κ1) is 11.8. The van der Waals surface area contributed by atoms with Gasteiger partial charge in [-0.1, -0.05) is 15.9 Å². The third-order valence-electron chi connectivity index (χ3n) is 2.93. The van der Waals surface area contributed by atoms with Crippen molar-refractivity contribution in [3.63, 3.8) is 0 Å². The van der Waals surface area contributed by atoms with Gasteiger partial charge in [-0.3, -0.25) is 0 Å². The quantitative estimate of drug-likeness (QED) is 0.801. The summed E-state index contributed by atoms with van der Waals surface area (Å²) in [5.74, 6) is 0.972. The van der Waals surface area contributed by atoms with Gasteiger partial charge in [-0.2, -0.15) is 0 Å². The Kier molecular flexibility index (Phi) is 4.09. The molecule has 0 radical (unpaired) electrons. The molecule has 5 heteroatoms. The summed E-state index contributed by atoms with van der Waals surface area (Å²) in [5.41, 5.74) is 0. The highest BCUT2D eigenvalue weighted by molar-refractivity contribution is 9.09. The van der Waals surface area contributed by atoms with E-state index >= 15 is 0 Å². The van der Waals surface area contributed by atoms with Crippen LogP contribution in [-0.4, -0.2) is 28.4 Å². The normalized spacial score (nSPS) is 21.1. The van der Waals surface area contributed by atoms with E-state index in [4.69, 9.17) is 0 Å². The number of hydrogen-bond acceptors (Lipinski definition) is 3. The van der Waals surface area contributed by atoms with Crippen LogP contribution in [0.1, 0.15) is 19.3 Å². The van der Waals surface area contributed by atoms with E-state index < -0.39 is 0 Å². The minimum absolute atomic E-state index is 0.377. The monoisotopic (exact) mass is 287 g/mol. The SMILES string of the molecule is Fc1cnc(N2CCCC(CCBr)C2)nc1. The smallest absolute Gasteiger partial charge is 0.225 e. The largest absolute Gasteiger partial charge is 0.341 e. The van der Waals surface area contributed by atoms with E-state index in [9.17, 15) is 4.39 Å². The highest BCUT2D eigenvalue weighted by Crippen LogP contribution is 2.22. The summed E-state index contributed by atoms with van der Waals surface area (Å²) in [5, 5.41) is 1.04. The van der Waals surface area contributed by atoms with E-state index in [1.165, 1.54) is 31.7 Å². The van der Waals surface area contributed by atoms with E-state index in [-0.39, 0.29) is 5.82 Å². The molecule has 3 nitrogen and oxygen atoms in total. The maximum absolute atomic E-state index is 12.7. The molecule has 0 saturated carbocycles. The van der Waals surface area contributed by atoms with Crippen molar-refractivity contribution in [1.82, 2.24) is 9.97 Å². The van der Waals surface area contributed by atoms with E-state index in [0.717, 1.165) is 18.4 Å². The van der Waals surface area contributed by atoms with Gasteiger partial charge in [-0.25, -0.2) is 14.4 Å². The van der Waals surface area contributed by atoms with Crippen molar-refractivity contribution in [2.24, 2.45) is 5.92 Å². The zero-order chi connectivity index (χ0) is 11.4. The molecule has 0 N–H and O–H groups in total. The molecular formula is C11H15BrFN3. The summed E-state index contributed by atoms with van der Waals surface area (Å²) in [7, 11) is 0. The fourth-order valence-electron chi connectivity index (χ4n) is 2.11. The fourth-order valence-corrected chi connectivity index (χ4v) is 2.75. The molecule has 1 fully saturated rings. The van der Waals surface area contributed by atoms with Crippen molar-refractivity contribution in [3.05, 3.63) is 18.2 Å². The maximum Gasteiger partial charge on any atom is 0.225 e.